The highest BCUT2D eigenvalue weighted by molar-refractivity contribution is 5.61. The molecule has 5 nitrogen and oxygen atoms in total. The predicted molar refractivity (Wildman–Crippen MR) is 70.8 cm³/mol. The standard InChI is InChI=1S/C14H13N3O2/c1-9(2)19-12-4-3-10(7-11(12)8-15)14-16-6-5-13(18)17-14/h3-7,9H,1-2H3,(H,16,17,18). The van der Waals surface area contributed by atoms with Gasteiger partial charge in [-0.3, -0.25) is 4.79 Å². The van der Waals surface area contributed by atoms with Crippen LogP contribution in [-0.4, -0.2) is 16.1 Å². The molecule has 0 amide bonds. The molecule has 0 aliphatic carbocycles. The maximum Gasteiger partial charge on any atom is 0.251 e. The summed E-state index contributed by atoms with van der Waals surface area (Å²) in [5, 5.41) is 9.13. The second-order valence-electron chi connectivity index (χ2n) is 4.27. The van der Waals surface area contributed by atoms with Gasteiger partial charge >= 0.3 is 0 Å². The maximum atomic E-state index is 11.2. The van der Waals surface area contributed by atoms with Crippen LogP contribution in [0.15, 0.2) is 35.3 Å². The number of nitrogens with zero attached hydrogens (tertiary/aromatic N) is 2. The number of benzene rings is 1. The summed E-state index contributed by atoms with van der Waals surface area (Å²) >= 11 is 0. The van der Waals surface area contributed by atoms with Crippen LogP contribution in [0.2, 0.25) is 0 Å². The molecule has 0 bridgehead atoms. The van der Waals surface area contributed by atoms with Gasteiger partial charge in [-0.1, -0.05) is 0 Å². The van der Waals surface area contributed by atoms with Crippen LogP contribution in [0.1, 0.15) is 19.4 Å². The molecule has 0 saturated carbocycles. The minimum Gasteiger partial charge on any atom is -0.490 e. The molecular weight excluding hydrogens is 242 g/mol. The first-order chi connectivity index (χ1) is 9.10. The monoisotopic (exact) mass is 255 g/mol. The third-order valence-corrected chi connectivity index (χ3v) is 2.41. The van der Waals surface area contributed by atoms with Crippen molar-refractivity contribution in [2.75, 3.05) is 0 Å². The quantitative estimate of drug-likeness (QED) is 0.910. The molecule has 0 atom stereocenters. The third-order valence-electron chi connectivity index (χ3n) is 2.41. The van der Waals surface area contributed by atoms with E-state index in [0.717, 1.165) is 0 Å². The summed E-state index contributed by atoms with van der Waals surface area (Å²) in [7, 11) is 0. The van der Waals surface area contributed by atoms with Gasteiger partial charge in [-0.05, 0) is 32.0 Å². The van der Waals surface area contributed by atoms with Crippen molar-refractivity contribution in [2.45, 2.75) is 20.0 Å². The molecular formula is C14H13N3O2. The van der Waals surface area contributed by atoms with Crippen LogP contribution < -0.4 is 10.3 Å². The number of ether oxygens (including phenoxy) is 1. The molecule has 0 saturated heterocycles. The normalized spacial score (nSPS) is 10.2. The lowest BCUT2D eigenvalue weighted by molar-refractivity contribution is 0.242. The summed E-state index contributed by atoms with van der Waals surface area (Å²) in [4.78, 5) is 17.9. The van der Waals surface area contributed by atoms with Crippen LogP contribution in [0.4, 0.5) is 0 Å². The maximum absolute atomic E-state index is 11.2. The molecule has 5 heteroatoms. The van der Waals surface area contributed by atoms with Crippen molar-refractivity contribution in [3.05, 3.63) is 46.4 Å². The van der Waals surface area contributed by atoms with Crippen LogP contribution in [0, 0.1) is 11.3 Å². The third kappa shape index (κ3) is 2.99. The van der Waals surface area contributed by atoms with E-state index in [1.807, 2.05) is 13.8 Å². The molecule has 96 valence electrons. The first-order valence-corrected chi connectivity index (χ1v) is 5.86. The molecule has 1 aromatic heterocycles. The number of nitrogens with one attached hydrogen (secondary N) is 1. The molecule has 0 unspecified atom stereocenters. The summed E-state index contributed by atoms with van der Waals surface area (Å²) in [6.07, 6.45) is 1.42. The van der Waals surface area contributed by atoms with Crippen molar-refractivity contribution < 1.29 is 4.74 Å². The Labute approximate surface area is 110 Å². The average molecular weight is 255 g/mol. The molecule has 0 fully saturated rings. The zero-order valence-electron chi connectivity index (χ0n) is 10.7. The van der Waals surface area contributed by atoms with Crippen LogP contribution >= 0.6 is 0 Å². The SMILES string of the molecule is CC(C)Oc1ccc(-c2nccc(=O)[nH]2)cc1C#N. The van der Waals surface area contributed by atoms with E-state index in [2.05, 4.69) is 16.0 Å². The molecule has 0 aliphatic rings. The van der Waals surface area contributed by atoms with E-state index >= 15 is 0 Å². The minimum atomic E-state index is -0.231. The fourth-order valence-corrected chi connectivity index (χ4v) is 1.64. The summed E-state index contributed by atoms with van der Waals surface area (Å²) in [6, 6.07) is 8.54. The lowest BCUT2D eigenvalue weighted by atomic mass is 10.1. The Balaban J connectivity index is 2.45. The van der Waals surface area contributed by atoms with E-state index in [-0.39, 0.29) is 11.7 Å². The van der Waals surface area contributed by atoms with Gasteiger partial charge in [-0.15, -0.1) is 0 Å². The molecule has 1 aromatic carbocycles. The fraction of sp³-hybridized carbons (Fsp3) is 0.214. The highest BCUT2D eigenvalue weighted by atomic mass is 16.5. The number of aromatic amines is 1. The van der Waals surface area contributed by atoms with Gasteiger partial charge in [0.05, 0.1) is 11.7 Å². The topological polar surface area (TPSA) is 78.8 Å². The second kappa shape index (κ2) is 5.36. The summed E-state index contributed by atoms with van der Waals surface area (Å²) in [5.41, 5.74) is 0.856. The number of H-pyrrole nitrogens is 1. The lowest BCUT2D eigenvalue weighted by Gasteiger charge is -2.11. The molecule has 2 rings (SSSR count). The highest BCUT2D eigenvalue weighted by Gasteiger charge is 2.08. The molecule has 0 spiro atoms. The molecule has 1 N–H and O–H groups in total. The van der Waals surface area contributed by atoms with Crippen molar-refractivity contribution in [3.8, 4) is 23.2 Å². The molecule has 2 aromatic rings. The van der Waals surface area contributed by atoms with Gasteiger partial charge in [0.25, 0.3) is 5.56 Å². The number of hydrogen-bond donors (Lipinski definition) is 1. The van der Waals surface area contributed by atoms with Crippen LogP contribution in [-0.2, 0) is 0 Å². The van der Waals surface area contributed by atoms with Crippen LogP contribution in [0.5, 0.6) is 5.75 Å². The van der Waals surface area contributed by atoms with Gasteiger partial charge in [-0.2, -0.15) is 5.26 Å². The van der Waals surface area contributed by atoms with Gasteiger partial charge in [0.2, 0.25) is 0 Å². The van der Waals surface area contributed by atoms with Gasteiger partial charge in [0.15, 0.2) is 0 Å². The van der Waals surface area contributed by atoms with Crippen LogP contribution in [0.3, 0.4) is 0 Å². The lowest BCUT2D eigenvalue weighted by Crippen LogP contribution is -2.08. The molecule has 19 heavy (non-hydrogen) atoms. The number of aromatic nitrogens is 2. The second-order valence-corrected chi connectivity index (χ2v) is 4.27. The average Bonchev–Trinajstić information content (AvgIpc) is 2.38. The first-order valence-electron chi connectivity index (χ1n) is 5.86. The summed E-state index contributed by atoms with van der Waals surface area (Å²) < 4.78 is 5.54. The van der Waals surface area contributed by atoms with Crippen molar-refractivity contribution in [1.29, 1.82) is 5.26 Å². The zero-order chi connectivity index (χ0) is 13.8. The largest absolute Gasteiger partial charge is 0.490 e. The Morgan fingerprint density at radius 2 is 2.16 bits per heavy atom. The number of hydrogen-bond acceptors (Lipinski definition) is 4. The Morgan fingerprint density at radius 3 is 2.79 bits per heavy atom. The molecule has 1 heterocycles. The zero-order valence-corrected chi connectivity index (χ0v) is 10.7. The van der Waals surface area contributed by atoms with Crippen LogP contribution in [0.25, 0.3) is 11.4 Å². The van der Waals surface area contributed by atoms with E-state index in [4.69, 9.17) is 10.00 Å². The highest BCUT2D eigenvalue weighted by Crippen LogP contribution is 2.24. The Morgan fingerprint density at radius 1 is 1.37 bits per heavy atom. The van der Waals surface area contributed by atoms with Crippen molar-refractivity contribution in [1.82, 2.24) is 9.97 Å². The van der Waals surface area contributed by atoms with E-state index in [1.54, 1.807) is 18.2 Å². The van der Waals surface area contributed by atoms with Crippen molar-refractivity contribution >= 4 is 0 Å². The van der Waals surface area contributed by atoms with Gasteiger partial charge in [-0.25, -0.2) is 4.98 Å². The van der Waals surface area contributed by atoms with Gasteiger partial charge in [0, 0.05) is 17.8 Å². The minimum absolute atomic E-state index is 0.00685. The number of rotatable bonds is 3. The smallest absolute Gasteiger partial charge is 0.251 e. The first kappa shape index (κ1) is 12.8. The van der Waals surface area contributed by atoms with E-state index in [0.29, 0.717) is 22.7 Å². The Kier molecular flexibility index (Phi) is 3.62. The Hall–Kier alpha value is -2.61. The van der Waals surface area contributed by atoms with Gasteiger partial charge in [0.1, 0.15) is 17.6 Å². The van der Waals surface area contributed by atoms with E-state index in [1.165, 1.54) is 12.3 Å². The Bertz CT molecular complexity index is 684. The van der Waals surface area contributed by atoms with Crippen molar-refractivity contribution in [2.24, 2.45) is 0 Å². The fourth-order valence-electron chi connectivity index (χ4n) is 1.64. The van der Waals surface area contributed by atoms with E-state index < -0.39 is 0 Å². The summed E-state index contributed by atoms with van der Waals surface area (Å²) in [6.45, 7) is 3.79. The van der Waals surface area contributed by atoms with Crippen molar-refractivity contribution in [3.63, 3.8) is 0 Å². The van der Waals surface area contributed by atoms with E-state index in [9.17, 15) is 4.79 Å². The molecule has 0 radical (unpaired) electrons. The predicted octanol–water partition coefficient (Wildman–Crippen LogP) is 2.10. The number of nitriles is 1. The molecule has 0 aliphatic heterocycles. The van der Waals surface area contributed by atoms with Gasteiger partial charge < -0.3 is 9.72 Å². The summed E-state index contributed by atoms with van der Waals surface area (Å²) in [5.74, 6) is 0.958.